The number of rotatable bonds is 4. The van der Waals surface area contributed by atoms with E-state index in [1.165, 1.54) is 10.0 Å². The minimum Gasteiger partial charge on any atom is -0.279 e. The number of hydrogen-bond donors (Lipinski definition) is 3. The van der Waals surface area contributed by atoms with Crippen molar-refractivity contribution in [2.75, 3.05) is 19.6 Å². The number of amides is 3. The summed E-state index contributed by atoms with van der Waals surface area (Å²) in [6.07, 6.45) is 2.53. The van der Waals surface area contributed by atoms with E-state index in [1.54, 1.807) is 0 Å². The predicted octanol–water partition coefficient (Wildman–Crippen LogP) is -2.31. The number of carbonyl (C=O) groups excluding carboxylic acids is 3. The Kier molecular flexibility index (Phi) is 3.79. The van der Waals surface area contributed by atoms with Gasteiger partial charge < -0.3 is 0 Å². The fourth-order valence-corrected chi connectivity index (χ4v) is 2.91. The van der Waals surface area contributed by atoms with E-state index < -0.39 is 12.1 Å². The van der Waals surface area contributed by atoms with Gasteiger partial charge in [-0.05, 0) is 19.3 Å². The fraction of sp³-hybridized carbons (Fsp3) is 0.750. The van der Waals surface area contributed by atoms with Crippen molar-refractivity contribution in [1.82, 2.24) is 25.9 Å². The predicted molar refractivity (Wildman–Crippen MR) is 71.6 cm³/mol. The van der Waals surface area contributed by atoms with Gasteiger partial charge in [-0.3, -0.25) is 29.4 Å². The minimum atomic E-state index is -0.439. The normalized spacial score (nSPS) is 30.1. The summed E-state index contributed by atoms with van der Waals surface area (Å²) < 4.78 is 0. The molecular formula is C12H20N6O3. The van der Waals surface area contributed by atoms with Gasteiger partial charge in [0.2, 0.25) is 5.91 Å². The Bertz CT molecular complexity index is 470. The molecule has 2 unspecified atom stereocenters. The highest BCUT2D eigenvalue weighted by Crippen LogP contribution is 2.15. The quantitative estimate of drug-likeness (QED) is 0.397. The second-order valence-corrected chi connectivity index (χ2v) is 5.61. The summed E-state index contributed by atoms with van der Waals surface area (Å²) in [4.78, 5) is 35.6. The van der Waals surface area contributed by atoms with Gasteiger partial charge >= 0.3 is 0 Å². The van der Waals surface area contributed by atoms with Crippen molar-refractivity contribution < 1.29 is 14.4 Å². The van der Waals surface area contributed by atoms with Crippen LogP contribution < -0.4 is 16.7 Å². The SMILES string of the molecule is NN1CCC(NN2CCC(NN3CCCC3=O)C2=O)C1=O. The van der Waals surface area contributed by atoms with Crippen LogP contribution in [0.1, 0.15) is 25.7 Å². The molecule has 3 rings (SSSR count). The van der Waals surface area contributed by atoms with Crippen LogP contribution in [-0.2, 0) is 14.4 Å². The summed E-state index contributed by atoms with van der Waals surface area (Å²) in [6.45, 7) is 1.63. The number of nitrogens with one attached hydrogen (secondary N) is 2. The zero-order valence-electron chi connectivity index (χ0n) is 11.7. The minimum absolute atomic E-state index is 0.0268. The number of carbonyl (C=O) groups is 3. The maximum Gasteiger partial charge on any atom is 0.255 e. The van der Waals surface area contributed by atoms with E-state index in [4.69, 9.17) is 5.84 Å². The van der Waals surface area contributed by atoms with Crippen molar-refractivity contribution in [3.63, 3.8) is 0 Å². The maximum atomic E-state index is 12.3. The van der Waals surface area contributed by atoms with Gasteiger partial charge in [-0.2, -0.15) is 0 Å². The van der Waals surface area contributed by atoms with Crippen LogP contribution in [-0.4, -0.2) is 64.5 Å². The highest BCUT2D eigenvalue weighted by molar-refractivity contribution is 5.86. The Hall–Kier alpha value is -1.71. The first-order valence-corrected chi connectivity index (χ1v) is 7.26. The molecule has 2 atom stereocenters. The van der Waals surface area contributed by atoms with E-state index in [0.29, 0.717) is 38.9 Å². The van der Waals surface area contributed by atoms with Crippen molar-refractivity contribution >= 4 is 17.7 Å². The molecule has 116 valence electrons. The second kappa shape index (κ2) is 5.58. The van der Waals surface area contributed by atoms with Crippen LogP contribution in [0.15, 0.2) is 0 Å². The van der Waals surface area contributed by atoms with E-state index in [2.05, 4.69) is 10.9 Å². The van der Waals surface area contributed by atoms with Crippen molar-refractivity contribution in [2.45, 2.75) is 37.8 Å². The first-order valence-electron chi connectivity index (χ1n) is 7.26. The van der Waals surface area contributed by atoms with Gasteiger partial charge in [-0.25, -0.2) is 16.7 Å². The molecule has 0 aliphatic carbocycles. The van der Waals surface area contributed by atoms with E-state index in [9.17, 15) is 14.4 Å². The van der Waals surface area contributed by atoms with E-state index in [-0.39, 0.29) is 17.7 Å². The highest BCUT2D eigenvalue weighted by Gasteiger charge is 2.38. The van der Waals surface area contributed by atoms with Gasteiger partial charge in [0.05, 0.1) is 0 Å². The average Bonchev–Trinajstić information content (AvgIpc) is 3.11. The molecule has 9 nitrogen and oxygen atoms in total. The third kappa shape index (κ3) is 2.71. The molecule has 0 spiro atoms. The van der Waals surface area contributed by atoms with Crippen molar-refractivity contribution in [3.05, 3.63) is 0 Å². The standard InChI is InChI=1S/C12H20N6O3/c13-16-6-3-8(11(16)20)15-18-7-4-9(12(18)21)14-17-5-1-2-10(17)19/h8-9,14-15H,1-7,13H2. The van der Waals surface area contributed by atoms with E-state index in [1.807, 2.05) is 0 Å². The molecule has 3 aliphatic heterocycles. The van der Waals surface area contributed by atoms with Crippen molar-refractivity contribution in [2.24, 2.45) is 5.84 Å². The van der Waals surface area contributed by atoms with Gasteiger partial charge in [0, 0.05) is 26.1 Å². The highest BCUT2D eigenvalue weighted by atomic mass is 16.2. The molecule has 0 radical (unpaired) electrons. The molecule has 3 heterocycles. The van der Waals surface area contributed by atoms with Crippen LogP contribution in [0.3, 0.4) is 0 Å². The summed E-state index contributed by atoms with van der Waals surface area (Å²) in [5, 5.41) is 4.14. The van der Waals surface area contributed by atoms with Gasteiger partial charge in [-0.15, -0.1) is 0 Å². The third-order valence-electron chi connectivity index (χ3n) is 4.14. The summed E-state index contributed by atoms with van der Waals surface area (Å²) in [5.41, 5.74) is 5.93. The molecule has 0 saturated carbocycles. The lowest BCUT2D eigenvalue weighted by molar-refractivity contribution is -0.138. The van der Waals surface area contributed by atoms with Crippen LogP contribution >= 0.6 is 0 Å². The lowest BCUT2D eigenvalue weighted by Gasteiger charge is -2.24. The summed E-state index contributed by atoms with van der Waals surface area (Å²) in [7, 11) is 0. The van der Waals surface area contributed by atoms with Gasteiger partial charge in [0.25, 0.3) is 11.8 Å². The van der Waals surface area contributed by atoms with Gasteiger partial charge in [0.15, 0.2) is 0 Å². The van der Waals surface area contributed by atoms with Gasteiger partial charge in [-0.1, -0.05) is 0 Å². The number of nitrogens with zero attached hydrogens (tertiary/aromatic N) is 3. The Morgan fingerprint density at radius 2 is 1.57 bits per heavy atom. The summed E-state index contributed by atoms with van der Waals surface area (Å²) >= 11 is 0. The smallest absolute Gasteiger partial charge is 0.255 e. The molecule has 3 amide bonds. The zero-order valence-corrected chi connectivity index (χ0v) is 11.7. The molecule has 0 aromatic heterocycles. The lowest BCUT2D eigenvalue weighted by Crippen LogP contribution is -2.54. The Balaban J connectivity index is 1.54. The summed E-state index contributed by atoms with van der Waals surface area (Å²) in [6, 6.07) is -0.851. The van der Waals surface area contributed by atoms with Crippen LogP contribution in [0.2, 0.25) is 0 Å². The van der Waals surface area contributed by atoms with E-state index >= 15 is 0 Å². The summed E-state index contributed by atoms with van der Waals surface area (Å²) in [5.74, 6) is 5.20. The van der Waals surface area contributed by atoms with Crippen molar-refractivity contribution in [1.29, 1.82) is 0 Å². The first-order chi connectivity index (χ1) is 10.1. The maximum absolute atomic E-state index is 12.3. The first kappa shape index (κ1) is 14.2. The molecule has 21 heavy (non-hydrogen) atoms. The molecule has 3 fully saturated rings. The Labute approximate surface area is 122 Å². The number of nitrogens with two attached hydrogens (primary N) is 1. The van der Waals surface area contributed by atoms with Crippen LogP contribution in [0, 0.1) is 0 Å². The molecule has 0 aromatic rings. The molecular weight excluding hydrogens is 276 g/mol. The third-order valence-corrected chi connectivity index (χ3v) is 4.14. The largest absolute Gasteiger partial charge is 0.279 e. The molecule has 9 heteroatoms. The molecule has 4 N–H and O–H groups in total. The molecule has 3 saturated heterocycles. The van der Waals surface area contributed by atoms with Crippen molar-refractivity contribution in [3.8, 4) is 0 Å². The topological polar surface area (TPSA) is 111 Å². The second-order valence-electron chi connectivity index (χ2n) is 5.61. The monoisotopic (exact) mass is 296 g/mol. The molecule has 0 aromatic carbocycles. The molecule has 0 bridgehead atoms. The Morgan fingerprint density at radius 3 is 2.19 bits per heavy atom. The van der Waals surface area contributed by atoms with E-state index in [0.717, 1.165) is 11.4 Å². The number of hydrogen-bond acceptors (Lipinski definition) is 6. The van der Waals surface area contributed by atoms with Crippen LogP contribution in [0.25, 0.3) is 0 Å². The lowest BCUT2D eigenvalue weighted by atomic mass is 10.3. The van der Waals surface area contributed by atoms with Gasteiger partial charge in [0.1, 0.15) is 12.1 Å². The average molecular weight is 296 g/mol. The molecule has 3 aliphatic rings. The fourth-order valence-electron chi connectivity index (χ4n) is 2.91. The number of hydrazine groups is 3. The van der Waals surface area contributed by atoms with Crippen LogP contribution in [0.4, 0.5) is 0 Å². The zero-order chi connectivity index (χ0) is 15.0. The van der Waals surface area contributed by atoms with Crippen LogP contribution in [0.5, 0.6) is 0 Å². The Morgan fingerprint density at radius 1 is 0.905 bits per heavy atom.